The molecule has 0 radical (unpaired) electrons. The molecule has 65 heavy (non-hydrogen) atoms. The lowest BCUT2D eigenvalue weighted by Gasteiger charge is -2.63. The molecule has 8 aliphatic rings. The van der Waals surface area contributed by atoms with Gasteiger partial charge in [0, 0.05) is 12.8 Å². The molecule has 2 amide bonds. The van der Waals surface area contributed by atoms with Gasteiger partial charge in [-0.15, -0.1) is 0 Å². The molecule has 13 heteroatoms. The molecule has 368 valence electrons. The van der Waals surface area contributed by atoms with Gasteiger partial charge in [0.15, 0.2) is 0 Å². The molecule has 0 aromatic rings. The summed E-state index contributed by atoms with van der Waals surface area (Å²) < 4.78 is 6.01. The van der Waals surface area contributed by atoms with Gasteiger partial charge in [0.05, 0.1) is 30.5 Å². The summed E-state index contributed by atoms with van der Waals surface area (Å²) in [6, 6.07) is 0. The van der Waals surface area contributed by atoms with E-state index in [4.69, 9.17) is 9.84 Å². The van der Waals surface area contributed by atoms with Gasteiger partial charge in [-0.3, -0.25) is 19.2 Å². The molecule has 8 rings (SSSR count). The number of carbonyl (C=O) groups excluding carboxylic acids is 3. The lowest BCUT2D eigenvalue weighted by atomic mass is 9.43. The summed E-state index contributed by atoms with van der Waals surface area (Å²) in [5.41, 5.74) is -0.818. The highest BCUT2D eigenvalue weighted by atomic mass is 16.5. The average molecular weight is 913 g/mol. The van der Waals surface area contributed by atoms with Gasteiger partial charge in [-0.25, -0.2) is 0 Å². The maximum Gasteiger partial charge on any atom is 0.325 e. The van der Waals surface area contributed by atoms with Crippen LogP contribution in [0.3, 0.4) is 0 Å². The second-order valence-corrected chi connectivity index (χ2v) is 24.5. The summed E-state index contributed by atoms with van der Waals surface area (Å²) in [5.74, 6) is 0.120. The first-order valence-corrected chi connectivity index (χ1v) is 26.0. The van der Waals surface area contributed by atoms with Gasteiger partial charge in [-0.05, 0) is 195 Å². The predicted molar refractivity (Wildman–Crippen MR) is 242 cm³/mol. The largest absolute Gasteiger partial charge is 0.480 e. The number of hydrogen-bond donors (Lipinski definition) is 8. The number of ether oxygens (including phenoxy) is 1. The Labute approximate surface area is 387 Å². The Morgan fingerprint density at radius 3 is 1.54 bits per heavy atom. The number of carboxylic acids is 1. The molecule has 0 aliphatic heterocycles. The van der Waals surface area contributed by atoms with E-state index in [9.17, 15) is 44.7 Å². The summed E-state index contributed by atoms with van der Waals surface area (Å²) in [5, 5.41) is 72.2. The van der Waals surface area contributed by atoms with E-state index in [1.807, 2.05) is 0 Å². The number of fused-ring (bicyclic) bond motifs is 10. The summed E-state index contributed by atoms with van der Waals surface area (Å²) in [6.45, 7) is 12.8. The van der Waals surface area contributed by atoms with E-state index in [1.54, 1.807) is 0 Å². The van der Waals surface area contributed by atoms with Crippen molar-refractivity contribution in [1.82, 2.24) is 10.6 Å². The third-order valence-corrected chi connectivity index (χ3v) is 21.8. The van der Waals surface area contributed by atoms with Crippen LogP contribution in [0, 0.1) is 92.7 Å². The smallest absolute Gasteiger partial charge is 0.325 e. The minimum absolute atomic E-state index is 0.0240. The van der Waals surface area contributed by atoms with Gasteiger partial charge >= 0.3 is 11.9 Å². The van der Waals surface area contributed by atoms with E-state index in [0.29, 0.717) is 44.9 Å². The molecule has 0 aromatic carbocycles. The molecule has 22 atom stereocenters. The molecule has 8 aliphatic carbocycles. The van der Waals surface area contributed by atoms with E-state index >= 15 is 0 Å². The lowest BCUT2D eigenvalue weighted by molar-refractivity contribution is -0.209. The van der Waals surface area contributed by atoms with Crippen LogP contribution < -0.4 is 10.6 Å². The van der Waals surface area contributed by atoms with Crippen LogP contribution in [-0.4, -0.2) is 104 Å². The fourth-order valence-corrected chi connectivity index (χ4v) is 18.2. The normalized spacial score (nSPS) is 48.5. The van der Waals surface area contributed by atoms with Crippen LogP contribution in [0.4, 0.5) is 0 Å². The van der Waals surface area contributed by atoms with Crippen molar-refractivity contribution in [3.63, 3.8) is 0 Å². The van der Waals surface area contributed by atoms with Gasteiger partial charge in [-0.1, -0.05) is 41.5 Å². The SMILES string of the molecule is C[C@H](CCC(=O)NCC(=O)O)[C@H]1CC[C@H]2[C@@H]3C(O)C[C@@H]4C[C@H](OC(=O)CNC(=O)CC[C@@H](C)[C@H]5CC[C@H]6[C@@H]7C(O)C[C@@H]8CC(O)CC[C@]8(C)[C@H]7CC(O)[C@]56C)CC[C@]4(C)[C@H]3CC(O)[C@]12C. The number of aliphatic hydroxyl groups is 5. The number of rotatable bonds is 13. The molecule has 8 saturated carbocycles. The molecule has 0 saturated heterocycles. The Balaban J connectivity index is 0.799. The van der Waals surface area contributed by atoms with E-state index in [0.717, 1.165) is 57.8 Å². The number of aliphatic carboxylic acids is 1. The molecule has 0 bridgehead atoms. The van der Waals surface area contributed by atoms with E-state index in [2.05, 4.69) is 52.2 Å². The second kappa shape index (κ2) is 18.5. The minimum Gasteiger partial charge on any atom is -0.480 e. The summed E-state index contributed by atoms with van der Waals surface area (Å²) in [6.07, 6.45) is 10.2. The number of esters is 1. The lowest BCUT2D eigenvalue weighted by Crippen LogP contribution is -2.62. The summed E-state index contributed by atoms with van der Waals surface area (Å²) >= 11 is 0. The molecule has 0 heterocycles. The number of hydrogen-bond acceptors (Lipinski definition) is 10. The molecule has 13 nitrogen and oxygen atoms in total. The van der Waals surface area contributed by atoms with Gasteiger partial charge < -0.3 is 46.0 Å². The predicted octanol–water partition coefficient (Wildman–Crippen LogP) is 5.61. The molecule has 8 fully saturated rings. The quantitative estimate of drug-likeness (QED) is 0.106. The van der Waals surface area contributed by atoms with Crippen LogP contribution in [0.25, 0.3) is 0 Å². The van der Waals surface area contributed by atoms with Crippen molar-refractivity contribution in [3.05, 3.63) is 0 Å². The average Bonchev–Trinajstić information content (AvgIpc) is 3.80. The maximum atomic E-state index is 13.2. The highest BCUT2D eigenvalue weighted by Crippen LogP contribution is 2.70. The Bertz CT molecular complexity index is 1780. The fraction of sp³-hybridized carbons (Fsp3) is 0.923. The molecular formula is C52H84N2O11. The Kier molecular flexibility index (Phi) is 14.0. The number of carbonyl (C=O) groups is 4. The first-order valence-electron chi connectivity index (χ1n) is 26.0. The molecular weight excluding hydrogens is 829 g/mol. The number of carboxylic acid groups (broad SMARTS) is 1. The topological polar surface area (TPSA) is 223 Å². The first kappa shape index (κ1) is 49.1. The van der Waals surface area contributed by atoms with Crippen molar-refractivity contribution in [3.8, 4) is 0 Å². The van der Waals surface area contributed by atoms with Gasteiger partial charge in [0.25, 0.3) is 0 Å². The Morgan fingerprint density at radius 2 is 1.05 bits per heavy atom. The van der Waals surface area contributed by atoms with Gasteiger partial charge in [0.1, 0.15) is 19.2 Å². The van der Waals surface area contributed by atoms with Crippen molar-refractivity contribution in [2.45, 2.75) is 194 Å². The van der Waals surface area contributed by atoms with Crippen molar-refractivity contribution in [2.75, 3.05) is 13.1 Å². The van der Waals surface area contributed by atoms with Crippen LogP contribution in [0.5, 0.6) is 0 Å². The fourth-order valence-electron chi connectivity index (χ4n) is 18.2. The van der Waals surface area contributed by atoms with Gasteiger partial charge in [0.2, 0.25) is 11.8 Å². The summed E-state index contributed by atoms with van der Waals surface area (Å²) in [4.78, 5) is 49.6. The van der Waals surface area contributed by atoms with Crippen molar-refractivity contribution in [1.29, 1.82) is 0 Å². The zero-order valence-electron chi connectivity index (χ0n) is 40.3. The van der Waals surface area contributed by atoms with Gasteiger partial charge in [-0.2, -0.15) is 0 Å². The monoisotopic (exact) mass is 913 g/mol. The van der Waals surface area contributed by atoms with Crippen LogP contribution >= 0.6 is 0 Å². The molecule has 0 spiro atoms. The molecule has 0 aromatic heterocycles. The minimum atomic E-state index is -1.07. The van der Waals surface area contributed by atoms with Crippen LogP contribution in [0.2, 0.25) is 0 Å². The van der Waals surface area contributed by atoms with E-state index in [1.165, 1.54) is 0 Å². The number of nitrogens with one attached hydrogen (secondary N) is 2. The van der Waals surface area contributed by atoms with E-state index < -0.39 is 42.9 Å². The molecule has 5 unspecified atom stereocenters. The summed E-state index contributed by atoms with van der Waals surface area (Å²) in [7, 11) is 0. The first-order chi connectivity index (χ1) is 30.6. The number of aliphatic hydroxyl groups excluding tert-OH is 5. The van der Waals surface area contributed by atoms with Crippen molar-refractivity contribution >= 4 is 23.8 Å². The van der Waals surface area contributed by atoms with Crippen LogP contribution in [0.1, 0.15) is 157 Å². The second-order valence-electron chi connectivity index (χ2n) is 24.5. The van der Waals surface area contributed by atoms with Crippen molar-refractivity contribution < 1.29 is 54.6 Å². The van der Waals surface area contributed by atoms with Crippen LogP contribution in [-0.2, 0) is 23.9 Å². The number of amides is 2. The molecule has 8 N–H and O–H groups in total. The highest BCUT2D eigenvalue weighted by Gasteiger charge is 2.67. The third kappa shape index (κ3) is 8.62. The van der Waals surface area contributed by atoms with Crippen LogP contribution in [0.15, 0.2) is 0 Å². The van der Waals surface area contributed by atoms with E-state index in [-0.39, 0.29) is 136 Å². The Hall–Kier alpha value is -2.32. The standard InChI is InChI=1S/C52H84N2O11/c1-27(7-13-43(60)53-25-45(62)63)33-10-12-36-48-38(24-42(59)52(33,36)6)50(4)18-16-32(20-30(50)22-40(48)57)65-46(64)26-54-44(61)14-8-28(2)34-9-11-35-47-37(23-41(58)51(34,35)5)49(3)17-15-31(55)19-29(49)21-39(47)56/h27-42,47-48,55-59H,7-26H2,1-6H3,(H,53,60)(H,54,61)(H,62,63)/t27-,28-,29+,30+,31?,32-,33-,34-,35+,36+,37+,38+,39?,40?,41?,42?,47+,48+,49+,50+,51-,52-/m1/s1. The Morgan fingerprint density at radius 1 is 0.585 bits per heavy atom. The maximum absolute atomic E-state index is 13.2. The zero-order valence-corrected chi connectivity index (χ0v) is 40.3. The highest BCUT2D eigenvalue weighted by molar-refractivity contribution is 5.82. The third-order valence-electron chi connectivity index (χ3n) is 21.8. The van der Waals surface area contributed by atoms with Crippen molar-refractivity contribution in [2.24, 2.45) is 92.7 Å². The zero-order chi connectivity index (χ0) is 47.0.